The van der Waals surface area contributed by atoms with Gasteiger partial charge in [-0.1, -0.05) is 12.1 Å². The molecule has 21 heavy (non-hydrogen) atoms. The molecule has 0 radical (unpaired) electrons. The zero-order valence-electron chi connectivity index (χ0n) is 12.1. The van der Waals surface area contributed by atoms with Crippen LogP contribution >= 0.6 is 0 Å². The van der Waals surface area contributed by atoms with Gasteiger partial charge in [0, 0.05) is 5.56 Å². The first-order chi connectivity index (χ1) is 9.78. The Morgan fingerprint density at radius 3 is 2.62 bits per heavy atom. The summed E-state index contributed by atoms with van der Waals surface area (Å²) in [5, 5.41) is 14.1. The summed E-state index contributed by atoms with van der Waals surface area (Å²) >= 11 is 0. The minimum absolute atomic E-state index is 0.316. The molecule has 1 amide bonds. The largest absolute Gasteiger partial charge is 0.546 e. The number of hydrogen-bond acceptors (Lipinski definition) is 6. The molecule has 0 saturated heterocycles. The van der Waals surface area contributed by atoms with Crippen LogP contribution < -0.4 is 15.3 Å². The van der Waals surface area contributed by atoms with E-state index in [-0.39, 0.29) is 0 Å². The first-order valence-corrected chi connectivity index (χ1v) is 6.21. The minimum atomic E-state index is -1.33. The lowest BCUT2D eigenvalue weighted by Gasteiger charge is -2.18. The van der Waals surface area contributed by atoms with Crippen LogP contribution in [0, 0.1) is 0 Å². The van der Waals surface area contributed by atoms with Gasteiger partial charge in [-0.2, -0.15) is 5.10 Å². The van der Waals surface area contributed by atoms with Gasteiger partial charge in [0.2, 0.25) is 0 Å². The van der Waals surface area contributed by atoms with Crippen LogP contribution in [0.4, 0.5) is 4.79 Å². The number of nitrogens with one attached hydrogen (secondary N) is 1. The first-order valence-electron chi connectivity index (χ1n) is 6.21. The Morgan fingerprint density at radius 1 is 1.33 bits per heavy atom. The van der Waals surface area contributed by atoms with Gasteiger partial charge in [-0.25, -0.2) is 10.2 Å². The van der Waals surface area contributed by atoms with E-state index < -0.39 is 24.3 Å². The molecule has 0 aromatic heterocycles. The molecule has 0 heterocycles. The molecule has 1 aromatic rings. The smallest absolute Gasteiger partial charge is 0.428 e. The highest BCUT2D eigenvalue weighted by Crippen LogP contribution is 2.15. The SMILES string of the molecule is CC(C)(C)OC(=O)N/N=C\c1ccccc1OCC(=O)[O-]. The molecule has 0 bridgehead atoms. The number of carboxylic acids is 1. The molecule has 0 aliphatic heterocycles. The molecular weight excluding hydrogens is 276 g/mol. The number of carboxylic acid groups (broad SMARTS) is 1. The molecule has 0 spiro atoms. The Kier molecular flexibility index (Phi) is 5.71. The third-order valence-electron chi connectivity index (χ3n) is 2.02. The Morgan fingerprint density at radius 2 is 2.00 bits per heavy atom. The maximum absolute atomic E-state index is 11.4. The molecule has 7 nitrogen and oxygen atoms in total. The standard InChI is InChI=1S/C14H18N2O5/c1-14(2,3)21-13(19)16-15-8-10-6-4-5-7-11(10)20-9-12(17)18/h4-8H,9H2,1-3H3,(H,16,19)(H,17,18)/p-1/b15-8-. The first kappa shape index (κ1) is 16.5. The van der Waals surface area contributed by atoms with Crippen LogP contribution in [0.3, 0.4) is 0 Å². The fourth-order valence-electron chi connectivity index (χ4n) is 1.31. The second kappa shape index (κ2) is 7.28. The highest BCUT2D eigenvalue weighted by atomic mass is 16.6. The fourth-order valence-corrected chi connectivity index (χ4v) is 1.31. The van der Waals surface area contributed by atoms with Crippen LogP contribution in [-0.2, 0) is 9.53 Å². The lowest BCUT2D eigenvalue weighted by atomic mass is 10.2. The van der Waals surface area contributed by atoms with E-state index in [0.29, 0.717) is 11.3 Å². The Bertz CT molecular complexity index is 534. The van der Waals surface area contributed by atoms with Crippen molar-refractivity contribution in [2.45, 2.75) is 26.4 Å². The molecule has 1 rings (SSSR count). The average molecular weight is 293 g/mol. The number of ether oxygens (including phenoxy) is 2. The van der Waals surface area contributed by atoms with Crippen molar-refractivity contribution in [3.05, 3.63) is 29.8 Å². The summed E-state index contributed by atoms with van der Waals surface area (Å²) in [5.74, 6) is -1.01. The minimum Gasteiger partial charge on any atom is -0.546 e. The van der Waals surface area contributed by atoms with Crippen molar-refractivity contribution in [1.29, 1.82) is 0 Å². The van der Waals surface area contributed by atoms with Crippen LogP contribution in [-0.4, -0.2) is 30.5 Å². The van der Waals surface area contributed by atoms with Crippen molar-refractivity contribution in [1.82, 2.24) is 5.43 Å². The molecule has 0 unspecified atom stereocenters. The van der Waals surface area contributed by atoms with Crippen LogP contribution in [0.15, 0.2) is 29.4 Å². The van der Waals surface area contributed by atoms with E-state index in [1.54, 1.807) is 45.0 Å². The number of carbonyl (C=O) groups is 2. The Balaban J connectivity index is 2.63. The number of nitrogens with zero attached hydrogens (tertiary/aromatic N) is 1. The lowest BCUT2D eigenvalue weighted by Crippen LogP contribution is -2.30. The predicted molar refractivity (Wildman–Crippen MR) is 73.9 cm³/mol. The topological polar surface area (TPSA) is 100 Å². The van der Waals surface area contributed by atoms with Crippen LogP contribution in [0.5, 0.6) is 5.75 Å². The van der Waals surface area contributed by atoms with Crippen LogP contribution in [0.2, 0.25) is 0 Å². The summed E-state index contributed by atoms with van der Waals surface area (Å²) in [6.07, 6.45) is 0.640. The van der Waals surface area contributed by atoms with Crippen molar-refractivity contribution in [2.24, 2.45) is 5.10 Å². The van der Waals surface area contributed by atoms with E-state index in [4.69, 9.17) is 9.47 Å². The van der Waals surface area contributed by atoms with Gasteiger partial charge >= 0.3 is 6.09 Å². The van der Waals surface area contributed by atoms with Gasteiger partial charge in [-0.15, -0.1) is 0 Å². The van der Waals surface area contributed by atoms with Crippen molar-refractivity contribution < 1.29 is 24.2 Å². The molecule has 0 atom stereocenters. The number of amides is 1. The molecule has 0 fully saturated rings. The van der Waals surface area contributed by atoms with Crippen molar-refractivity contribution >= 4 is 18.3 Å². The molecule has 0 aliphatic rings. The zero-order valence-corrected chi connectivity index (χ0v) is 12.1. The van der Waals surface area contributed by atoms with E-state index in [0.717, 1.165) is 0 Å². The van der Waals surface area contributed by atoms with Crippen LogP contribution in [0.25, 0.3) is 0 Å². The summed E-state index contributed by atoms with van der Waals surface area (Å²) in [6, 6.07) is 6.65. The fraction of sp³-hybridized carbons (Fsp3) is 0.357. The van der Waals surface area contributed by atoms with Crippen LogP contribution in [0.1, 0.15) is 26.3 Å². The van der Waals surface area contributed by atoms with Crippen molar-refractivity contribution in [3.63, 3.8) is 0 Å². The summed E-state index contributed by atoms with van der Waals surface area (Å²) in [7, 11) is 0. The highest BCUT2D eigenvalue weighted by Gasteiger charge is 2.15. The van der Waals surface area contributed by atoms with Gasteiger partial charge in [0.05, 0.1) is 12.2 Å². The normalized spacial score (nSPS) is 11.2. The second-order valence-electron chi connectivity index (χ2n) is 5.07. The number of rotatable bonds is 5. The third-order valence-corrected chi connectivity index (χ3v) is 2.02. The van der Waals surface area contributed by atoms with E-state index in [9.17, 15) is 14.7 Å². The maximum atomic E-state index is 11.4. The van der Waals surface area contributed by atoms with Gasteiger partial charge in [-0.05, 0) is 32.9 Å². The quantitative estimate of drug-likeness (QED) is 0.635. The number of hydrogen-bond donors (Lipinski definition) is 1. The number of hydrazone groups is 1. The summed E-state index contributed by atoms with van der Waals surface area (Å²) in [4.78, 5) is 21.8. The summed E-state index contributed by atoms with van der Waals surface area (Å²) < 4.78 is 10.0. The van der Waals surface area contributed by atoms with Gasteiger partial charge in [0.1, 0.15) is 18.0 Å². The molecule has 0 saturated carbocycles. The van der Waals surface area contributed by atoms with Gasteiger partial charge < -0.3 is 19.4 Å². The van der Waals surface area contributed by atoms with Gasteiger partial charge in [0.25, 0.3) is 0 Å². The van der Waals surface area contributed by atoms with E-state index in [1.807, 2.05) is 0 Å². The second-order valence-corrected chi connectivity index (χ2v) is 5.07. The summed E-state index contributed by atoms with van der Waals surface area (Å²) in [5.41, 5.74) is 2.10. The van der Waals surface area contributed by atoms with E-state index in [1.165, 1.54) is 6.21 Å². The predicted octanol–water partition coefficient (Wildman–Crippen LogP) is 0.674. The molecule has 0 aliphatic carbocycles. The van der Waals surface area contributed by atoms with Gasteiger partial charge in [0.15, 0.2) is 0 Å². The van der Waals surface area contributed by atoms with Crippen molar-refractivity contribution in [3.8, 4) is 5.75 Å². The average Bonchev–Trinajstić information content (AvgIpc) is 2.35. The maximum Gasteiger partial charge on any atom is 0.428 e. The molecule has 7 heteroatoms. The Labute approximate surface area is 122 Å². The third kappa shape index (κ3) is 6.95. The number of para-hydroxylation sites is 1. The number of benzene rings is 1. The molecule has 1 N–H and O–H groups in total. The molecule has 1 aromatic carbocycles. The molecule has 114 valence electrons. The summed E-state index contributed by atoms with van der Waals surface area (Å²) in [6.45, 7) is 4.64. The number of aliphatic carboxylic acids is 1. The molecular formula is C14H17N2O5-. The van der Waals surface area contributed by atoms with Gasteiger partial charge in [-0.3, -0.25) is 0 Å². The highest BCUT2D eigenvalue weighted by molar-refractivity contribution is 5.84. The van der Waals surface area contributed by atoms with E-state index >= 15 is 0 Å². The van der Waals surface area contributed by atoms with Crippen molar-refractivity contribution in [2.75, 3.05) is 6.61 Å². The monoisotopic (exact) mass is 293 g/mol. The number of carbonyl (C=O) groups excluding carboxylic acids is 2. The lowest BCUT2D eigenvalue weighted by molar-refractivity contribution is -0.307. The zero-order chi connectivity index (χ0) is 15.9. The van der Waals surface area contributed by atoms with E-state index in [2.05, 4.69) is 10.5 Å². The Hall–Kier alpha value is -2.57.